The highest BCUT2D eigenvalue weighted by Gasteiger charge is 2.13. The molecule has 3 aromatic rings. The van der Waals surface area contributed by atoms with E-state index in [0.717, 1.165) is 28.0 Å². The number of rotatable bonds is 3. The highest BCUT2D eigenvalue weighted by Crippen LogP contribution is 2.24. The summed E-state index contributed by atoms with van der Waals surface area (Å²) in [6.45, 7) is 2.12. The normalized spacial score (nSPS) is 10.7. The van der Waals surface area contributed by atoms with Gasteiger partial charge in [-0.3, -0.25) is 0 Å². The molecule has 4 nitrogen and oxygen atoms in total. The first-order chi connectivity index (χ1) is 9.79. The van der Waals surface area contributed by atoms with Crippen molar-refractivity contribution < 1.29 is 0 Å². The van der Waals surface area contributed by atoms with E-state index in [1.54, 1.807) is 4.68 Å². The average Bonchev–Trinajstić information content (AvgIpc) is 2.97. The molecule has 100 valence electrons. The van der Waals surface area contributed by atoms with Gasteiger partial charge in [-0.25, -0.2) is 0 Å². The van der Waals surface area contributed by atoms with Crippen LogP contribution in [0.3, 0.4) is 0 Å². The molecule has 0 unspecified atom stereocenters. The van der Waals surface area contributed by atoms with E-state index in [2.05, 4.69) is 44.4 Å². The minimum absolute atomic E-state index is 0.752. The van der Waals surface area contributed by atoms with Crippen LogP contribution < -0.4 is 0 Å². The topological polar surface area (TPSA) is 43.6 Å². The van der Waals surface area contributed by atoms with Crippen LogP contribution in [0.25, 0.3) is 17.1 Å². The van der Waals surface area contributed by atoms with Crippen molar-refractivity contribution in [3.05, 3.63) is 58.6 Å². The molecule has 1 heterocycles. The Hall–Kier alpha value is -2.01. The van der Waals surface area contributed by atoms with Crippen LogP contribution in [-0.2, 0) is 6.42 Å². The van der Waals surface area contributed by atoms with E-state index >= 15 is 0 Å². The second kappa shape index (κ2) is 5.54. The number of benzene rings is 2. The highest BCUT2D eigenvalue weighted by molar-refractivity contribution is 9.10. The number of nitrogens with zero attached hydrogens (tertiary/aromatic N) is 4. The molecule has 0 saturated heterocycles. The molecule has 0 radical (unpaired) electrons. The summed E-state index contributed by atoms with van der Waals surface area (Å²) in [5, 5.41) is 12.1. The quantitative estimate of drug-likeness (QED) is 0.737. The Morgan fingerprint density at radius 3 is 2.65 bits per heavy atom. The highest BCUT2D eigenvalue weighted by atomic mass is 79.9. The lowest BCUT2D eigenvalue weighted by atomic mass is 10.1. The van der Waals surface area contributed by atoms with E-state index in [1.807, 2.05) is 42.5 Å². The first kappa shape index (κ1) is 13.0. The van der Waals surface area contributed by atoms with Crippen LogP contribution >= 0.6 is 15.9 Å². The third kappa shape index (κ3) is 2.36. The Labute approximate surface area is 125 Å². The number of aromatic nitrogens is 4. The summed E-state index contributed by atoms with van der Waals surface area (Å²) >= 11 is 3.50. The van der Waals surface area contributed by atoms with Gasteiger partial charge in [-0.1, -0.05) is 53.2 Å². The van der Waals surface area contributed by atoms with Crippen LogP contribution in [0, 0.1) is 0 Å². The van der Waals surface area contributed by atoms with Crippen molar-refractivity contribution in [3.8, 4) is 17.1 Å². The fraction of sp³-hybridized carbons (Fsp3) is 0.133. The van der Waals surface area contributed by atoms with Crippen LogP contribution in [0.4, 0.5) is 0 Å². The molecule has 2 aromatic carbocycles. The van der Waals surface area contributed by atoms with Crippen molar-refractivity contribution in [2.75, 3.05) is 0 Å². The number of tetrazole rings is 1. The molecule has 0 aliphatic rings. The van der Waals surface area contributed by atoms with E-state index in [4.69, 9.17) is 0 Å². The van der Waals surface area contributed by atoms with E-state index in [0.29, 0.717) is 0 Å². The van der Waals surface area contributed by atoms with E-state index in [-0.39, 0.29) is 0 Å². The van der Waals surface area contributed by atoms with Gasteiger partial charge >= 0.3 is 0 Å². The van der Waals surface area contributed by atoms with Gasteiger partial charge in [0.1, 0.15) is 0 Å². The van der Waals surface area contributed by atoms with E-state index in [9.17, 15) is 0 Å². The van der Waals surface area contributed by atoms with E-state index < -0.39 is 0 Å². The molecule has 0 spiro atoms. The monoisotopic (exact) mass is 328 g/mol. The Balaban J connectivity index is 2.15. The summed E-state index contributed by atoms with van der Waals surface area (Å²) in [5.74, 6) is 0.752. The molecule has 0 bridgehead atoms. The fourth-order valence-electron chi connectivity index (χ4n) is 2.16. The van der Waals surface area contributed by atoms with E-state index in [1.165, 1.54) is 5.56 Å². The smallest absolute Gasteiger partial charge is 0.187 e. The first-order valence-electron chi connectivity index (χ1n) is 6.42. The zero-order chi connectivity index (χ0) is 13.9. The standard InChI is InChI=1S/C15H13BrN4/c1-2-11-10-13(16)8-9-14(11)20-15(17-18-19-20)12-6-4-3-5-7-12/h3-10H,2H2,1H3. The largest absolute Gasteiger partial charge is 0.193 e. The summed E-state index contributed by atoms with van der Waals surface area (Å²) in [6.07, 6.45) is 0.920. The minimum atomic E-state index is 0.752. The van der Waals surface area contributed by atoms with Gasteiger partial charge in [0.2, 0.25) is 0 Å². The average molecular weight is 329 g/mol. The lowest BCUT2D eigenvalue weighted by Crippen LogP contribution is -2.03. The second-order valence-electron chi connectivity index (χ2n) is 4.41. The minimum Gasteiger partial charge on any atom is -0.193 e. The molecule has 0 fully saturated rings. The molecule has 3 rings (SSSR count). The molecular formula is C15H13BrN4. The lowest BCUT2D eigenvalue weighted by Gasteiger charge is -2.10. The summed E-state index contributed by atoms with van der Waals surface area (Å²) < 4.78 is 2.85. The summed E-state index contributed by atoms with van der Waals surface area (Å²) in [4.78, 5) is 0. The lowest BCUT2D eigenvalue weighted by molar-refractivity contribution is 0.783. The van der Waals surface area contributed by atoms with Crippen LogP contribution in [0.5, 0.6) is 0 Å². The molecule has 5 heteroatoms. The molecule has 0 atom stereocenters. The van der Waals surface area contributed by atoms with Crippen molar-refractivity contribution >= 4 is 15.9 Å². The Morgan fingerprint density at radius 1 is 1.10 bits per heavy atom. The fourth-order valence-corrected chi connectivity index (χ4v) is 2.57. The van der Waals surface area contributed by atoms with Gasteiger partial charge in [0.05, 0.1) is 5.69 Å². The number of aryl methyl sites for hydroxylation is 1. The van der Waals surface area contributed by atoms with Gasteiger partial charge in [-0.15, -0.1) is 5.10 Å². The molecule has 0 saturated carbocycles. The Kier molecular flexibility index (Phi) is 3.60. The molecule has 0 aliphatic carbocycles. The molecular weight excluding hydrogens is 316 g/mol. The second-order valence-corrected chi connectivity index (χ2v) is 5.32. The number of hydrogen-bond acceptors (Lipinski definition) is 3. The van der Waals surface area contributed by atoms with Crippen molar-refractivity contribution in [1.82, 2.24) is 20.2 Å². The first-order valence-corrected chi connectivity index (χ1v) is 7.21. The zero-order valence-electron chi connectivity index (χ0n) is 11.0. The van der Waals surface area contributed by atoms with Crippen LogP contribution in [-0.4, -0.2) is 20.2 Å². The maximum Gasteiger partial charge on any atom is 0.187 e. The van der Waals surface area contributed by atoms with Crippen molar-refractivity contribution in [2.45, 2.75) is 13.3 Å². The third-order valence-corrected chi connectivity index (χ3v) is 3.65. The van der Waals surface area contributed by atoms with Crippen LogP contribution in [0.15, 0.2) is 53.0 Å². The van der Waals surface area contributed by atoms with Crippen molar-refractivity contribution in [3.63, 3.8) is 0 Å². The molecule has 0 N–H and O–H groups in total. The molecule has 0 aliphatic heterocycles. The number of halogens is 1. The van der Waals surface area contributed by atoms with Crippen molar-refractivity contribution in [1.29, 1.82) is 0 Å². The van der Waals surface area contributed by atoms with Gasteiger partial charge in [0.15, 0.2) is 5.82 Å². The summed E-state index contributed by atoms with van der Waals surface area (Å²) in [7, 11) is 0. The third-order valence-electron chi connectivity index (χ3n) is 3.15. The SMILES string of the molecule is CCc1cc(Br)ccc1-n1nnnc1-c1ccccc1. The zero-order valence-corrected chi connectivity index (χ0v) is 12.6. The van der Waals surface area contributed by atoms with Gasteiger partial charge in [-0.05, 0) is 40.6 Å². The van der Waals surface area contributed by atoms with Gasteiger partial charge < -0.3 is 0 Å². The molecule has 0 amide bonds. The van der Waals surface area contributed by atoms with Gasteiger partial charge in [-0.2, -0.15) is 4.68 Å². The predicted octanol–water partition coefficient (Wildman–Crippen LogP) is 3.65. The molecule has 1 aromatic heterocycles. The summed E-state index contributed by atoms with van der Waals surface area (Å²) in [5.41, 5.74) is 3.21. The number of hydrogen-bond donors (Lipinski definition) is 0. The van der Waals surface area contributed by atoms with Crippen LogP contribution in [0.2, 0.25) is 0 Å². The Bertz CT molecular complexity index is 722. The maximum absolute atomic E-state index is 4.15. The maximum atomic E-state index is 4.15. The Morgan fingerprint density at radius 2 is 1.90 bits per heavy atom. The van der Waals surface area contributed by atoms with Crippen molar-refractivity contribution in [2.24, 2.45) is 0 Å². The summed E-state index contributed by atoms with van der Waals surface area (Å²) in [6, 6.07) is 16.1. The molecule has 20 heavy (non-hydrogen) atoms. The predicted molar refractivity (Wildman–Crippen MR) is 81.7 cm³/mol. The van der Waals surface area contributed by atoms with Crippen LogP contribution in [0.1, 0.15) is 12.5 Å². The van der Waals surface area contributed by atoms with Gasteiger partial charge in [0, 0.05) is 10.0 Å². The van der Waals surface area contributed by atoms with Gasteiger partial charge in [0.25, 0.3) is 0 Å².